The second kappa shape index (κ2) is 4.57. The van der Waals surface area contributed by atoms with Crippen LogP contribution < -0.4 is 0 Å². The third-order valence-corrected chi connectivity index (χ3v) is 0.683. The minimum absolute atomic E-state index is 0.0761. The first-order valence-electron chi connectivity index (χ1n) is 2.75. The van der Waals surface area contributed by atoms with E-state index < -0.39 is 5.97 Å². The molecule has 3 heteroatoms. The lowest BCUT2D eigenvalue weighted by molar-refractivity contribution is -0.146. The second-order valence-electron chi connectivity index (χ2n) is 1.74. The molecule has 0 aliphatic carbocycles. The largest absolute Gasteiger partial charge is 0.457 e. The number of rotatable bonds is 3. The highest BCUT2D eigenvalue weighted by atomic mass is 16.5. The van der Waals surface area contributed by atoms with Crippen molar-refractivity contribution in [3.05, 3.63) is 0 Å². The molecule has 0 amide bonds. The SMILES string of the molecule is C#CCC(=O)OCC(C)=O. The Morgan fingerprint density at radius 3 is 2.60 bits per heavy atom. The minimum atomic E-state index is -0.530. The number of terminal acetylenes is 1. The molecule has 0 saturated carbocycles. The molecule has 0 aromatic carbocycles. The van der Waals surface area contributed by atoms with Crippen LogP contribution in [0.1, 0.15) is 13.3 Å². The van der Waals surface area contributed by atoms with E-state index in [4.69, 9.17) is 6.42 Å². The van der Waals surface area contributed by atoms with E-state index in [1.54, 1.807) is 0 Å². The number of carbonyl (C=O) groups is 2. The number of carbonyl (C=O) groups excluding carboxylic acids is 2. The molecule has 10 heavy (non-hydrogen) atoms. The summed E-state index contributed by atoms with van der Waals surface area (Å²) < 4.78 is 4.41. The molecule has 3 nitrogen and oxygen atoms in total. The molecule has 0 saturated heterocycles. The third-order valence-electron chi connectivity index (χ3n) is 0.683. The van der Waals surface area contributed by atoms with Crippen molar-refractivity contribution in [1.82, 2.24) is 0 Å². The Bertz CT molecular complexity index is 176. The van der Waals surface area contributed by atoms with Crippen molar-refractivity contribution < 1.29 is 14.3 Å². The summed E-state index contributed by atoms with van der Waals surface area (Å²) in [6.45, 7) is 1.16. The first-order valence-corrected chi connectivity index (χ1v) is 2.75. The average molecular weight is 140 g/mol. The Morgan fingerprint density at radius 2 is 2.20 bits per heavy atom. The second-order valence-corrected chi connectivity index (χ2v) is 1.74. The van der Waals surface area contributed by atoms with Gasteiger partial charge in [-0.1, -0.05) is 5.92 Å². The lowest BCUT2D eigenvalue weighted by Crippen LogP contribution is -2.09. The van der Waals surface area contributed by atoms with Gasteiger partial charge in [0.2, 0.25) is 0 Å². The first kappa shape index (κ1) is 8.70. The summed E-state index contributed by atoms with van der Waals surface area (Å²) in [6.07, 6.45) is 4.72. The number of hydrogen-bond acceptors (Lipinski definition) is 3. The average Bonchev–Trinajstić information content (AvgIpc) is 1.85. The van der Waals surface area contributed by atoms with Crippen LogP contribution in [0.5, 0.6) is 0 Å². The molecule has 0 fully saturated rings. The van der Waals surface area contributed by atoms with Crippen molar-refractivity contribution in [3.63, 3.8) is 0 Å². The van der Waals surface area contributed by atoms with E-state index in [1.165, 1.54) is 6.92 Å². The summed E-state index contributed by atoms with van der Waals surface area (Å²) in [4.78, 5) is 20.7. The molecule has 0 bridgehead atoms. The van der Waals surface area contributed by atoms with Crippen molar-refractivity contribution in [1.29, 1.82) is 0 Å². The summed E-state index contributed by atoms with van der Waals surface area (Å²) in [5.74, 6) is 1.39. The highest BCUT2D eigenvalue weighted by Gasteiger charge is 2.00. The van der Waals surface area contributed by atoms with Gasteiger partial charge < -0.3 is 4.74 Å². The molecule has 0 spiro atoms. The summed E-state index contributed by atoms with van der Waals surface area (Å²) in [7, 11) is 0. The smallest absolute Gasteiger partial charge is 0.318 e. The molecule has 54 valence electrons. The van der Waals surface area contributed by atoms with Gasteiger partial charge in [0.05, 0.1) is 0 Å². The summed E-state index contributed by atoms with van der Waals surface area (Å²) in [5.41, 5.74) is 0. The van der Waals surface area contributed by atoms with Crippen LogP contribution in [0.4, 0.5) is 0 Å². The van der Waals surface area contributed by atoms with Gasteiger partial charge in [0.1, 0.15) is 13.0 Å². The Balaban J connectivity index is 3.42. The number of Topliss-reactive ketones (excluding diaryl/α,β-unsaturated/α-hetero) is 1. The van der Waals surface area contributed by atoms with Crippen molar-refractivity contribution >= 4 is 11.8 Å². The lowest BCUT2D eigenvalue weighted by Gasteiger charge is -1.96. The fraction of sp³-hybridized carbons (Fsp3) is 0.429. The zero-order chi connectivity index (χ0) is 7.98. The van der Waals surface area contributed by atoms with Gasteiger partial charge in [-0.25, -0.2) is 0 Å². The highest BCUT2D eigenvalue weighted by Crippen LogP contribution is 1.83. The fourth-order valence-corrected chi connectivity index (χ4v) is 0.316. The van der Waals surface area contributed by atoms with Gasteiger partial charge in [-0.2, -0.15) is 0 Å². The Hall–Kier alpha value is -1.30. The van der Waals surface area contributed by atoms with Crippen LogP contribution in [0.25, 0.3) is 0 Å². The lowest BCUT2D eigenvalue weighted by atomic mass is 10.4. The van der Waals surface area contributed by atoms with E-state index in [-0.39, 0.29) is 18.8 Å². The van der Waals surface area contributed by atoms with E-state index in [0.717, 1.165) is 0 Å². The van der Waals surface area contributed by atoms with Gasteiger partial charge in [-0.3, -0.25) is 9.59 Å². The Kier molecular flexibility index (Phi) is 3.97. The molecular weight excluding hydrogens is 132 g/mol. The minimum Gasteiger partial charge on any atom is -0.457 e. The molecule has 0 aromatic heterocycles. The van der Waals surface area contributed by atoms with Gasteiger partial charge in [0, 0.05) is 0 Å². The topological polar surface area (TPSA) is 43.4 Å². The molecule has 0 N–H and O–H groups in total. The monoisotopic (exact) mass is 140 g/mol. The summed E-state index contributed by atoms with van der Waals surface area (Å²) in [5, 5.41) is 0. The Labute approximate surface area is 59.4 Å². The summed E-state index contributed by atoms with van der Waals surface area (Å²) in [6, 6.07) is 0. The van der Waals surface area contributed by atoms with Gasteiger partial charge >= 0.3 is 5.97 Å². The predicted octanol–water partition coefficient (Wildman–Crippen LogP) is 0.142. The first-order chi connectivity index (χ1) is 4.66. The van der Waals surface area contributed by atoms with Crippen molar-refractivity contribution in [2.45, 2.75) is 13.3 Å². The molecule has 0 heterocycles. The molecule has 0 aliphatic rings. The number of ether oxygens (including phenoxy) is 1. The van der Waals surface area contributed by atoms with E-state index >= 15 is 0 Å². The van der Waals surface area contributed by atoms with E-state index in [1.807, 2.05) is 0 Å². The van der Waals surface area contributed by atoms with Crippen LogP contribution in [0.3, 0.4) is 0 Å². The molecule has 0 atom stereocenters. The van der Waals surface area contributed by atoms with Crippen molar-refractivity contribution in [3.8, 4) is 12.3 Å². The molecular formula is C7H8O3. The maximum absolute atomic E-state index is 10.4. The van der Waals surface area contributed by atoms with Crippen LogP contribution in [-0.4, -0.2) is 18.4 Å². The highest BCUT2D eigenvalue weighted by molar-refractivity contribution is 5.80. The molecule has 0 radical (unpaired) electrons. The van der Waals surface area contributed by atoms with Crippen LogP contribution >= 0.6 is 0 Å². The van der Waals surface area contributed by atoms with Crippen LogP contribution in [-0.2, 0) is 14.3 Å². The zero-order valence-electron chi connectivity index (χ0n) is 5.72. The maximum Gasteiger partial charge on any atom is 0.318 e. The van der Waals surface area contributed by atoms with Crippen LogP contribution in [0.15, 0.2) is 0 Å². The number of ketones is 1. The van der Waals surface area contributed by atoms with Crippen molar-refractivity contribution in [2.75, 3.05) is 6.61 Å². The molecule has 0 unspecified atom stereocenters. The number of hydrogen-bond donors (Lipinski definition) is 0. The van der Waals surface area contributed by atoms with E-state index in [0.29, 0.717) is 0 Å². The number of esters is 1. The molecule has 0 aliphatic heterocycles. The Morgan fingerprint density at radius 1 is 1.60 bits per heavy atom. The molecule has 0 rings (SSSR count). The quantitative estimate of drug-likeness (QED) is 0.413. The fourth-order valence-electron chi connectivity index (χ4n) is 0.316. The third kappa shape index (κ3) is 4.85. The van der Waals surface area contributed by atoms with Crippen LogP contribution in [0, 0.1) is 12.3 Å². The van der Waals surface area contributed by atoms with Crippen molar-refractivity contribution in [2.24, 2.45) is 0 Å². The van der Waals surface area contributed by atoms with Crippen LogP contribution in [0.2, 0.25) is 0 Å². The standard InChI is InChI=1S/C7H8O3/c1-3-4-7(9)10-5-6(2)8/h1H,4-5H2,2H3. The maximum atomic E-state index is 10.4. The van der Waals surface area contributed by atoms with E-state index in [2.05, 4.69) is 10.7 Å². The normalized spacial score (nSPS) is 8.00. The van der Waals surface area contributed by atoms with Gasteiger partial charge in [-0.15, -0.1) is 6.42 Å². The predicted molar refractivity (Wildman–Crippen MR) is 35.1 cm³/mol. The van der Waals surface area contributed by atoms with Gasteiger partial charge in [-0.05, 0) is 6.92 Å². The molecule has 0 aromatic rings. The van der Waals surface area contributed by atoms with E-state index in [9.17, 15) is 9.59 Å². The zero-order valence-corrected chi connectivity index (χ0v) is 5.72. The van der Waals surface area contributed by atoms with Gasteiger partial charge in [0.15, 0.2) is 5.78 Å². The van der Waals surface area contributed by atoms with Gasteiger partial charge in [0.25, 0.3) is 0 Å². The summed E-state index contributed by atoms with van der Waals surface area (Å²) >= 11 is 0.